The van der Waals surface area contributed by atoms with Gasteiger partial charge in [-0.2, -0.15) is 0 Å². The second kappa shape index (κ2) is 6.17. The number of nitrogens with one attached hydrogen (secondary N) is 1. The smallest absolute Gasteiger partial charge is 0.240 e. The van der Waals surface area contributed by atoms with Crippen molar-refractivity contribution in [3.05, 3.63) is 64.7 Å². The maximum atomic E-state index is 12.0. The van der Waals surface area contributed by atoms with Crippen LogP contribution in [0.1, 0.15) is 15.9 Å². The van der Waals surface area contributed by atoms with Crippen molar-refractivity contribution in [2.24, 2.45) is 0 Å². The maximum absolute atomic E-state index is 12.0. The maximum Gasteiger partial charge on any atom is 0.240 e. The average Bonchev–Trinajstić information content (AvgIpc) is 2.46. The Morgan fingerprint density at radius 2 is 1.60 bits per heavy atom. The van der Waals surface area contributed by atoms with Gasteiger partial charge in [0, 0.05) is 17.1 Å². The molecule has 104 valence electrons. The molecule has 2 aromatic rings. The van der Waals surface area contributed by atoms with E-state index in [1.54, 1.807) is 24.3 Å². The Kier molecular flexibility index (Phi) is 4.54. The molecule has 4 nitrogen and oxygen atoms in total. The van der Waals surface area contributed by atoms with Gasteiger partial charge in [0.15, 0.2) is 0 Å². The van der Waals surface area contributed by atoms with Crippen LogP contribution in [0.15, 0.2) is 53.4 Å². The monoisotopic (exact) mass is 309 g/mol. The number of benzene rings is 2. The molecule has 6 heteroatoms. The summed E-state index contributed by atoms with van der Waals surface area (Å²) < 4.78 is 26.5. The molecule has 0 unspecified atom stereocenters. The van der Waals surface area contributed by atoms with Gasteiger partial charge in [0.1, 0.15) is 6.29 Å². The van der Waals surface area contributed by atoms with Gasteiger partial charge in [-0.1, -0.05) is 35.9 Å². The van der Waals surface area contributed by atoms with Crippen molar-refractivity contribution < 1.29 is 13.2 Å². The number of carbonyl (C=O) groups excluding carboxylic acids is 1. The molecule has 0 aliphatic heterocycles. The number of rotatable bonds is 5. The molecular formula is C14H12ClNO3S. The van der Waals surface area contributed by atoms with Gasteiger partial charge >= 0.3 is 0 Å². The van der Waals surface area contributed by atoms with Crippen LogP contribution in [0.3, 0.4) is 0 Å². The molecule has 0 fully saturated rings. The van der Waals surface area contributed by atoms with E-state index in [0.717, 1.165) is 11.8 Å². The van der Waals surface area contributed by atoms with Crippen LogP contribution in [-0.4, -0.2) is 14.7 Å². The molecule has 2 rings (SSSR count). The van der Waals surface area contributed by atoms with Crippen LogP contribution in [0.25, 0.3) is 0 Å². The zero-order valence-electron chi connectivity index (χ0n) is 10.4. The van der Waals surface area contributed by atoms with Gasteiger partial charge in [0.2, 0.25) is 10.0 Å². The van der Waals surface area contributed by atoms with Crippen molar-refractivity contribution in [2.45, 2.75) is 11.4 Å². The van der Waals surface area contributed by atoms with E-state index in [9.17, 15) is 13.2 Å². The Bertz CT molecular complexity index is 694. The summed E-state index contributed by atoms with van der Waals surface area (Å²) in [5.41, 5.74) is 1.32. The van der Waals surface area contributed by atoms with Crippen LogP contribution in [0.4, 0.5) is 0 Å². The first-order chi connectivity index (χ1) is 9.51. The molecule has 2 aromatic carbocycles. The summed E-state index contributed by atoms with van der Waals surface area (Å²) in [5.74, 6) is 0. The second-order valence-electron chi connectivity index (χ2n) is 4.14. The third-order valence-corrected chi connectivity index (χ3v) is 4.38. The van der Waals surface area contributed by atoms with Crippen LogP contribution in [0, 0.1) is 0 Å². The molecule has 0 spiro atoms. The quantitative estimate of drug-likeness (QED) is 0.864. The Morgan fingerprint density at radius 3 is 2.15 bits per heavy atom. The van der Waals surface area contributed by atoms with Gasteiger partial charge in [0.05, 0.1) is 4.90 Å². The molecule has 0 aromatic heterocycles. The van der Waals surface area contributed by atoms with Crippen LogP contribution in [0.2, 0.25) is 5.02 Å². The van der Waals surface area contributed by atoms with Crippen molar-refractivity contribution in [3.63, 3.8) is 0 Å². The number of sulfonamides is 1. The van der Waals surface area contributed by atoms with E-state index in [0.29, 0.717) is 10.6 Å². The molecule has 0 atom stereocenters. The fourth-order valence-corrected chi connectivity index (χ4v) is 2.73. The summed E-state index contributed by atoms with van der Waals surface area (Å²) in [7, 11) is -3.57. The third kappa shape index (κ3) is 3.66. The van der Waals surface area contributed by atoms with Gasteiger partial charge < -0.3 is 0 Å². The first kappa shape index (κ1) is 14.7. The zero-order chi connectivity index (χ0) is 14.6. The molecule has 0 radical (unpaired) electrons. The number of aldehydes is 1. The lowest BCUT2D eigenvalue weighted by atomic mass is 10.1. The molecule has 0 saturated carbocycles. The lowest BCUT2D eigenvalue weighted by Gasteiger charge is -2.07. The van der Waals surface area contributed by atoms with Crippen molar-refractivity contribution in [1.29, 1.82) is 0 Å². The van der Waals surface area contributed by atoms with E-state index in [2.05, 4.69) is 4.72 Å². The fraction of sp³-hybridized carbons (Fsp3) is 0.0714. The van der Waals surface area contributed by atoms with E-state index >= 15 is 0 Å². The molecule has 0 amide bonds. The van der Waals surface area contributed by atoms with Crippen LogP contribution in [0.5, 0.6) is 0 Å². The Morgan fingerprint density at radius 1 is 1.00 bits per heavy atom. The van der Waals surface area contributed by atoms with E-state index < -0.39 is 10.0 Å². The molecular weight excluding hydrogens is 298 g/mol. The van der Waals surface area contributed by atoms with Crippen molar-refractivity contribution >= 4 is 27.9 Å². The summed E-state index contributed by atoms with van der Waals surface area (Å²) in [4.78, 5) is 10.7. The predicted octanol–water partition coefficient (Wildman–Crippen LogP) is 2.63. The lowest BCUT2D eigenvalue weighted by Crippen LogP contribution is -2.23. The standard InChI is InChI=1S/C14H12ClNO3S/c15-13-5-7-14(8-6-13)20(18,19)16-9-11-1-3-12(10-17)4-2-11/h1-8,10,16H,9H2. The highest BCUT2D eigenvalue weighted by Crippen LogP contribution is 2.14. The van der Waals surface area contributed by atoms with Crippen molar-refractivity contribution in [2.75, 3.05) is 0 Å². The van der Waals surface area contributed by atoms with Gasteiger partial charge in [-0.05, 0) is 29.8 Å². The number of carbonyl (C=O) groups is 1. The van der Waals surface area contributed by atoms with Gasteiger partial charge in [0.25, 0.3) is 0 Å². The van der Waals surface area contributed by atoms with E-state index in [4.69, 9.17) is 11.6 Å². The van der Waals surface area contributed by atoms with Gasteiger partial charge in [-0.3, -0.25) is 4.79 Å². The molecule has 0 aliphatic rings. The van der Waals surface area contributed by atoms with Crippen LogP contribution >= 0.6 is 11.6 Å². The number of hydrogen-bond acceptors (Lipinski definition) is 3. The highest BCUT2D eigenvalue weighted by Gasteiger charge is 2.13. The first-order valence-corrected chi connectivity index (χ1v) is 7.67. The minimum absolute atomic E-state index is 0.157. The number of hydrogen-bond donors (Lipinski definition) is 1. The molecule has 0 saturated heterocycles. The Hall–Kier alpha value is -1.69. The van der Waals surface area contributed by atoms with E-state index in [-0.39, 0.29) is 11.4 Å². The van der Waals surface area contributed by atoms with Crippen molar-refractivity contribution in [1.82, 2.24) is 4.72 Å². The second-order valence-corrected chi connectivity index (χ2v) is 6.34. The molecule has 0 aliphatic carbocycles. The van der Waals surface area contributed by atoms with Gasteiger partial charge in [-0.25, -0.2) is 13.1 Å². The Balaban J connectivity index is 2.08. The average molecular weight is 310 g/mol. The summed E-state index contributed by atoms with van der Waals surface area (Å²) in [6.45, 7) is 0.157. The summed E-state index contributed by atoms with van der Waals surface area (Å²) in [6, 6.07) is 12.6. The summed E-state index contributed by atoms with van der Waals surface area (Å²) >= 11 is 5.72. The largest absolute Gasteiger partial charge is 0.298 e. The molecule has 20 heavy (non-hydrogen) atoms. The lowest BCUT2D eigenvalue weighted by molar-refractivity contribution is 0.112. The van der Waals surface area contributed by atoms with E-state index in [1.807, 2.05) is 0 Å². The topological polar surface area (TPSA) is 63.2 Å². The molecule has 0 bridgehead atoms. The van der Waals surface area contributed by atoms with Crippen LogP contribution in [-0.2, 0) is 16.6 Å². The highest BCUT2D eigenvalue weighted by atomic mass is 35.5. The zero-order valence-corrected chi connectivity index (χ0v) is 12.0. The summed E-state index contributed by atoms with van der Waals surface area (Å²) in [6.07, 6.45) is 0.738. The van der Waals surface area contributed by atoms with Crippen LogP contribution < -0.4 is 4.72 Å². The minimum atomic E-state index is -3.57. The SMILES string of the molecule is O=Cc1ccc(CNS(=O)(=O)c2ccc(Cl)cc2)cc1. The predicted molar refractivity (Wildman–Crippen MR) is 77.3 cm³/mol. The fourth-order valence-electron chi connectivity index (χ4n) is 1.59. The minimum Gasteiger partial charge on any atom is -0.298 e. The first-order valence-electron chi connectivity index (χ1n) is 5.80. The third-order valence-electron chi connectivity index (χ3n) is 2.71. The normalized spacial score (nSPS) is 11.2. The Labute approximate surface area is 122 Å². The van der Waals surface area contributed by atoms with Crippen molar-refractivity contribution in [3.8, 4) is 0 Å². The highest BCUT2D eigenvalue weighted by molar-refractivity contribution is 7.89. The molecule has 0 heterocycles. The van der Waals surface area contributed by atoms with Gasteiger partial charge in [-0.15, -0.1) is 0 Å². The summed E-state index contributed by atoms with van der Waals surface area (Å²) in [5, 5.41) is 0.480. The molecule has 1 N–H and O–H groups in total. The number of halogens is 1. The van der Waals surface area contributed by atoms with E-state index in [1.165, 1.54) is 24.3 Å².